The first-order valence-corrected chi connectivity index (χ1v) is 15.1. The first-order chi connectivity index (χ1) is 17.2. The Morgan fingerprint density at radius 1 is 0.657 bits per heavy atom. The Bertz CT molecular complexity index is 503. The lowest BCUT2D eigenvalue weighted by atomic mass is 10.1. The van der Waals surface area contributed by atoms with E-state index in [1.807, 2.05) is 6.08 Å². The van der Waals surface area contributed by atoms with Crippen molar-refractivity contribution < 1.29 is 15.0 Å². The molecule has 0 radical (unpaired) electrons. The Hall–Kier alpha value is -1.13. The molecule has 0 aromatic carbocycles. The van der Waals surface area contributed by atoms with Gasteiger partial charge in [-0.25, -0.2) is 0 Å². The first-order valence-electron chi connectivity index (χ1n) is 15.1. The standard InChI is InChI=1S/C31H59NO3/c1-3-5-7-9-11-12-13-14-15-16-17-18-19-21-22-24-26-30(34)29(28-33)32-31(35)27-25-23-20-10-8-6-4-2/h18-19,24,26,29-30,33-34H,3-17,20-23,25,27-28H2,1-2H3,(H,32,35)/b19-18+,26-24+. The van der Waals surface area contributed by atoms with Crippen LogP contribution in [0.15, 0.2) is 24.3 Å². The van der Waals surface area contributed by atoms with Gasteiger partial charge in [0.2, 0.25) is 5.91 Å². The van der Waals surface area contributed by atoms with Crippen LogP contribution in [0.3, 0.4) is 0 Å². The zero-order valence-corrected chi connectivity index (χ0v) is 23.3. The molecule has 35 heavy (non-hydrogen) atoms. The van der Waals surface area contributed by atoms with E-state index in [1.54, 1.807) is 6.08 Å². The van der Waals surface area contributed by atoms with Gasteiger partial charge < -0.3 is 15.5 Å². The average molecular weight is 494 g/mol. The van der Waals surface area contributed by atoms with Gasteiger partial charge in [0.05, 0.1) is 18.8 Å². The van der Waals surface area contributed by atoms with Gasteiger partial charge in [-0.1, -0.05) is 134 Å². The van der Waals surface area contributed by atoms with Gasteiger partial charge in [-0.15, -0.1) is 0 Å². The number of amides is 1. The number of hydrogen-bond acceptors (Lipinski definition) is 3. The molecule has 206 valence electrons. The van der Waals surface area contributed by atoms with Crippen molar-refractivity contribution in [1.82, 2.24) is 5.32 Å². The maximum absolute atomic E-state index is 12.1. The molecule has 0 saturated heterocycles. The van der Waals surface area contributed by atoms with Gasteiger partial charge in [0.15, 0.2) is 0 Å². The third kappa shape index (κ3) is 24.3. The number of allylic oxidation sites excluding steroid dienone is 3. The van der Waals surface area contributed by atoms with Crippen LogP contribution in [0.1, 0.15) is 149 Å². The van der Waals surface area contributed by atoms with E-state index in [-0.39, 0.29) is 12.5 Å². The summed E-state index contributed by atoms with van der Waals surface area (Å²) in [5, 5.41) is 22.6. The fourth-order valence-electron chi connectivity index (χ4n) is 4.31. The lowest BCUT2D eigenvalue weighted by molar-refractivity contribution is -0.123. The zero-order chi connectivity index (χ0) is 25.8. The zero-order valence-electron chi connectivity index (χ0n) is 23.3. The van der Waals surface area contributed by atoms with Crippen molar-refractivity contribution in [3.8, 4) is 0 Å². The molecule has 1 amide bonds. The predicted molar refractivity (Wildman–Crippen MR) is 152 cm³/mol. The molecule has 0 fully saturated rings. The van der Waals surface area contributed by atoms with E-state index in [4.69, 9.17) is 0 Å². The molecule has 0 spiro atoms. The van der Waals surface area contributed by atoms with E-state index in [1.165, 1.54) is 96.3 Å². The highest BCUT2D eigenvalue weighted by molar-refractivity contribution is 5.76. The van der Waals surface area contributed by atoms with Crippen molar-refractivity contribution in [3.63, 3.8) is 0 Å². The van der Waals surface area contributed by atoms with Crippen LogP contribution in [0.25, 0.3) is 0 Å². The molecule has 0 aliphatic heterocycles. The first kappa shape index (κ1) is 33.9. The molecule has 4 heteroatoms. The van der Waals surface area contributed by atoms with Crippen LogP contribution in [0.2, 0.25) is 0 Å². The highest BCUT2D eigenvalue weighted by atomic mass is 16.3. The maximum atomic E-state index is 12.1. The number of rotatable bonds is 26. The normalized spacial score (nSPS) is 13.6. The highest BCUT2D eigenvalue weighted by Crippen LogP contribution is 2.12. The van der Waals surface area contributed by atoms with Gasteiger partial charge in [0, 0.05) is 6.42 Å². The summed E-state index contributed by atoms with van der Waals surface area (Å²) in [7, 11) is 0. The summed E-state index contributed by atoms with van der Waals surface area (Å²) < 4.78 is 0. The number of aliphatic hydroxyl groups is 2. The maximum Gasteiger partial charge on any atom is 0.220 e. The van der Waals surface area contributed by atoms with Gasteiger partial charge in [-0.3, -0.25) is 4.79 Å². The van der Waals surface area contributed by atoms with Gasteiger partial charge in [-0.05, 0) is 32.1 Å². The molecule has 2 atom stereocenters. The van der Waals surface area contributed by atoms with Crippen molar-refractivity contribution in [2.24, 2.45) is 0 Å². The summed E-state index contributed by atoms with van der Waals surface area (Å²) in [5.41, 5.74) is 0. The highest BCUT2D eigenvalue weighted by Gasteiger charge is 2.17. The molecule has 0 aromatic heterocycles. The molecule has 0 heterocycles. The third-order valence-corrected chi connectivity index (χ3v) is 6.69. The quantitative estimate of drug-likeness (QED) is 0.0840. The number of hydrogen-bond donors (Lipinski definition) is 3. The lowest BCUT2D eigenvalue weighted by Gasteiger charge is -2.19. The fraction of sp³-hybridized carbons (Fsp3) is 0.839. The van der Waals surface area contributed by atoms with Crippen LogP contribution in [-0.2, 0) is 4.79 Å². The molecule has 0 saturated carbocycles. The third-order valence-electron chi connectivity index (χ3n) is 6.69. The van der Waals surface area contributed by atoms with Crippen LogP contribution >= 0.6 is 0 Å². The summed E-state index contributed by atoms with van der Waals surface area (Å²) in [5.74, 6) is -0.0834. The molecular formula is C31H59NO3. The van der Waals surface area contributed by atoms with Crippen molar-refractivity contribution in [2.75, 3.05) is 6.61 Å². The van der Waals surface area contributed by atoms with Gasteiger partial charge in [0.1, 0.15) is 0 Å². The van der Waals surface area contributed by atoms with Gasteiger partial charge in [0.25, 0.3) is 0 Å². The predicted octanol–water partition coefficient (Wildman–Crippen LogP) is 8.17. The Morgan fingerprint density at radius 2 is 1.11 bits per heavy atom. The molecule has 2 unspecified atom stereocenters. The summed E-state index contributed by atoms with van der Waals surface area (Å²) in [4.78, 5) is 12.1. The number of unbranched alkanes of at least 4 members (excludes halogenated alkanes) is 17. The Kier molecular flexibility index (Phi) is 26.6. The summed E-state index contributed by atoms with van der Waals surface area (Å²) in [6, 6.07) is -0.629. The Labute approximate surface area is 218 Å². The van der Waals surface area contributed by atoms with Crippen LogP contribution in [0.4, 0.5) is 0 Å². The Morgan fingerprint density at radius 3 is 1.66 bits per heavy atom. The monoisotopic (exact) mass is 493 g/mol. The average Bonchev–Trinajstić information content (AvgIpc) is 2.86. The molecule has 3 N–H and O–H groups in total. The van der Waals surface area contributed by atoms with Gasteiger partial charge in [-0.2, -0.15) is 0 Å². The number of aliphatic hydroxyl groups excluding tert-OH is 2. The minimum absolute atomic E-state index is 0.0834. The van der Waals surface area contributed by atoms with E-state index >= 15 is 0 Å². The number of nitrogens with one attached hydrogen (secondary N) is 1. The minimum atomic E-state index is -0.853. The molecule has 4 nitrogen and oxygen atoms in total. The molecule has 0 aromatic rings. The van der Waals surface area contributed by atoms with Crippen molar-refractivity contribution in [1.29, 1.82) is 0 Å². The van der Waals surface area contributed by atoms with E-state index in [2.05, 4.69) is 31.3 Å². The molecule has 0 rings (SSSR count). The van der Waals surface area contributed by atoms with Crippen LogP contribution < -0.4 is 5.32 Å². The SMILES string of the molecule is CCCCCCCCCCCC/C=C/CC/C=C/C(O)C(CO)NC(=O)CCCCCCCCC. The second-order valence-electron chi connectivity index (χ2n) is 10.2. The molecule has 0 bridgehead atoms. The summed E-state index contributed by atoms with van der Waals surface area (Å²) in [6.07, 6.45) is 32.6. The largest absolute Gasteiger partial charge is 0.394 e. The minimum Gasteiger partial charge on any atom is -0.394 e. The summed E-state index contributed by atoms with van der Waals surface area (Å²) in [6.45, 7) is 4.22. The van der Waals surface area contributed by atoms with Crippen LogP contribution in [-0.4, -0.2) is 34.9 Å². The lowest BCUT2D eigenvalue weighted by Crippen LogP contribution is -2.45. The number of carbonyl (C=O) groups excluding carboxylic acids is 1. The smallest absolute Gasteiger partial charge is 0.220 e. The molecule has 0 aliphatic carbocycles. The topological polar surface area (TPSA) is 69.6 Å². The van der Waals surface area contributed by atoms with Crippen LogP contribution in [0.5, 0.6) is 0 Å². The van der Waals surface area contributed by atoms with Crippen LogP contribution in [0, 0.1) is 0 Å². The fourth-order valence-corrected chi connectivity index (χ4v) is 4.31. The summed E-state index contributed by atoms with van der Waals surface area (Å²) >= 11 is 0. The number of carbonyl (C=O) groups is 1. The van der Waals surface area contributed by atoms with Crippen molar-refractivity contribution in [2.45, 2.75) is 161 Å². The molecular weight excluding hydrogens is 434 g/mol. The van der Waals surface area contributed by atoms with E-state index in [0.29, 0.717) is 6.42 Å². The second kappa shape index (κ2) is 27.5. The van der Waals surface area contributed by atoms with Gasteiger partial charge >= 0.3 is 0 Å². The van der Waals surface area contributed by atoms with Crippen molar-refractivity contribution in [3.05, 3.63) is 24.3 Å². The van der Waals surface area contributed by atoms with E-state index in [9.17, 15) is 15.0 Å². The second-order valence-corrected chi connectivity index (χ2v) is 10.2. The van der Waals surface area contributed by atoms with Crippen molar-refractivity contribution >= 4 is 5.91 Å². The van der Waals surface area contributed by atoms with E-state index < -0.39 is 12.1 Å². The molecule has 0 aliphatic rings. The Balaban J connectivity index is 3.71. The van der Waals surface area contributed by atoms with E-state index in [0.717, 1.165) is 32.1 Å².